The molecular weight excluding hydrogens is 402 g/mol. The molecule has 0 unspecified atom stereocenters. The van der Waals surface area contributed by atoms with Crippen LogP contribution in [0.3, 0.4) is 0 Å². The Morgan fingerprint density at radius 2 is 1.90 bits per heavy atom. The molecule has 1 aromatic carbocycles. The van der Waals surface area contributed by atoms with Crippen LogP contribution in [0.5, 0.6) is 0 Å². The molecule has 2 aromatic heterocycles. The van der Waals surface area contributed by atoms with E-state index in [9.17, 15) is 9.59 Å². The molecule has 29 heavy (non-hydrogen) atoms. The number of carbonyl (C=O) groups is 2. The van der Waals surface area contributed by atoms with Crippen molar-refractivity contribution in [1.29, 1.82) is 0 Å². The first-order valence-corrected chi connectivity index (χ1v) is 11.4. The molecule has 1 atom stereocenters. The second-order valence-electron chi connectivity index (χ2n) is 7.03. The number of thiophene rings is 2. The number of anilines is 1. The molecule has 0 saturated heterocycles. The molecular formula is C22H23N3O2S2. The Hall–Kier alpha value is -2.48. The highest BCUT2D eigenvalue weighted by atomic mass is 32.1. The zero-order chi connectivity index (χ0) is 20.2. The highest BCUT2D eigenvalue weighted by Crippen LogP contribution is 2.39. The number of rotatable bonds is 7. The van der Waals surface area contributed by atoms with Crippen molar-refractivity contribution in [3.05, 3.63) is 74.6 Å². The van der Waals surface area contributed by atoms with Gasteiger partial charge in [0.25, 0.3) is 0 Å². The summed E-state index contributed by atoms with van der Waals surface area (Å²) in [5.74, 6) is -0.422. The number of hydrogen-bond acceptors (Lipinski definition) is 5. The third kappa shape index (κ3) is 4.42. The summed E-state index contributed by atoms with van der Waals surface area (Å²) in [5.41, 5.74) is 7.44. The summed E-state index contributed by atoms with van der Waals surface area (Å²) in [5, 5.41) is 4.22. The fraction of sp³-hybridized carbons (Fsp3) is 0.273. The largest absolute Gasteiger partial charge is 0.370 e. The number of primary amides is 1. The summed E-state index contributed by atoms with van der Waals surface area (Å²) in [7, 11) is 0. The van der Waals surface area contributed by atoms with Crippen molar-refractivity contribution in [3.63, 3.8) is 0 Å². The average molecular weight is 426 g/mol. The molecule has 0 aliphatic carbocycles. The summed E-state index contributed by atoms with van der Waals surface area (Å²) in [6.45, 7) is 1.42. The third-order valence-electron chi connectivity index (χ3n) is 5.17. The van der Waals surface area contributed by atoms with Crippen LogP contribution in [0.1, 0.15) is 27.8 Å². The average Bonchev–Trinajstić information content (AvgIpc) is 3.40. The third-order valence-corrected chi connectivity index (χ3v) is 7.09. The van der Waals surface area contributed by atoms with E-state index in [1.54, 1.807) is 27.6 Å². The number of carbonyl (C=O) groups excluding carboxylic acids is 2. The van der Waals surface area contributed by atoms with E-state index in [1.807, 2.05) is 30.3 Å². The number of amides is 2. The van der Waals surface area contributed by atoms with E-state index >= 15 is 0 Å². The second-order valence-corrected chi connectivity index (χ2v) is 9.01. The van der Waals surface area contributed by atoms with Gasteiger partial charge in [0.15, 0.2) is 0 Å². The predicted molar refractivity (Wildman–Crippen MR) is 118 cm³/mol. The molecule has 4 rings (SSSR count). The lowest BCUT2D eigenvalue weighted by atomic mass is 9.98. The molecule has 0 saturated carbocycles. The zero-order valence-corrected chi connectivity index (χ0v) is 17.6. The van der Waals surface area contributed by atoms with Gasteiger partial charge in [-0.15, -0.1) is 22.7 Å². The standard InChI is InChI=1S/C22H23N3O2S2/c23-20(26)9-12-25(16-5-2-1-3-6-16)21(27)15-24-11-8-18-17(10-14-29-18)22(24)19-7-4-13-28-19/h1-7,10,13-14,22H,8-9,11-12,15H2,(H2,23,26)/t22-/m0/s1. The summed E-state index contributed by atoms with van der Waals surface area (Å²) in [6.07, 6.45) is 1.10. The van der Waals surface area contributed by atoms with Crippen molar-refractivity contribution in [1.82, 2.24) is 4.90 Å². The van der Waals surface area contributed by atoms with E-state index in [4.69, 9.17) is 5.73 Å². The highest BCUT2D eigenvalue weighted by Gasteiger charge is 2.32. The van der Waals surface area contributed by atoms with Gasteiger partial charge in [-0.25, -0.2) is 0 Å². The number of nitrogens with two attached hydrogens (primary N) is 1. The number of fused-ring (bicyclic) bond motifs is 1. The Balaban J connectivity index is 1.58. The fourth-order valence-corrected chi connectivity index (χ4v) is 5.59. The molecule has 2 amide bonds. The topological polar surface area (TPSA) is 66.6 Å². The van der Waals surface area contributed by atoms with Gasteiger partial charge in [0.2, 0.25) is 11.8 Å². The van der Waals surface area contributed by atoms with Crippen LogP contribution in [0.4, 0.5) is 5.69 Å². The predicted octanol–water partition coefficient (Wildman–Crippen LogP) is 3.67. The lowest BCUT2D eigenvalue weighted by Crippen LogP contribution is -2.45. The number of para-hydroxylation sites is 1. The van der Waals surface area contributed by atoms with E-state index < -0.39 is 5.91 Å². The minimum absolute atomic E-state index is 0.0160. The SMILES string of the molecule is NC(=O)CCN(C(=O)CN1CCc2sccc2[C@H]1c1cccs1)c1ccccc1. The normalized spacial score (nSPS) is 16.3. The number of nitrogens with zero attached hydrogens (tertiary/aromatic N) is 2. The molecule has 1 aliphatic rings. The monoisotopic (exact) mass is 425 g/mol. The van der Waals surface area contributed by atoms with Crippen LogP contribution in [-0.2, 0) is 16.0 Å². The van der Waals surface area contributed by atoms with Crippen LogP contribution in [0, 0.1) is 0 Å². The maximum absolute atomic E-state index is 13.3. The van der Waals surface area contributed by atoms with Gasteiger partial charge in [0, 0.05) is 35.0 Å². The van der Waals surface area contributed by atoms with E-state index in [0.717, 1.165) is 18.7 Å². The molecule has 7 heteroatoms. The Kier molecular flexibility index (Phi) is 6.08. The van der Waals surface area contributed by atoms with Crippen molar-refractivity contribution < 1.29 is 9.59 Å². The molecule has 5 nitrogen and oxygen atoms in total. The second kappa shape index (κ2) is 8.90. The fourth-order valence-electron chi connectivity index (χ4n) is 3.81. The molecule has 2 N–H and O–H groups in total. The Morgan fingerprint density at radius 1 is 1.07 bits per heavy atom. The number of benzene rings is 1. The first-order valence-electron chi connectivity index (χ1n) is 9.61. The van der Waals surface area contributed by atoms with Crippen LogP contribution in [0.25, 0.3) is 0 Å². The molecule has 0 bridgehead atoms. The Bertz CT molecular complexity index is 969. The van der Waals surface area contributed by atoms with Crippen molar-refractivity contribution in [2.75, 3.05) is 24.5 Å². The van der Waals surface area contributed by atoms with Crippen molar-refractivity contribution in [2.45, 2.75) is 18.9 Å². The summed E-state index contributed by atoms with van der Waals surface area (Å²) in [4.78, 5) is 31.3. The lowest BCUT2D eigenvalue weighted by Gasteiger charge is -2.36. The van der Waals surface area contributed by atoms with Crippen molar-refractivity contribution >= 4 is 40.2 Å². The van der Waals surface area contributed by atoms with Gasteiger partial charge in [-0.3, -0.25) is 14.5 Å². The van der Waals surface area contributed by atoms with Crippen LogP contribution < -0.4 is 10.6 Å². The van der Waals surface area contributed by atoms with Crippen LogP contribution in [-0.4, -0.2) is 36.3 Å². The van der Waals surface area contributed by atoms with Gasteiger partial charge >= 0.3 is 0 Å². The van der Waals surface area contributed by atoms with Crippen molar-refractivity contribution in [2.24, 2.45) is 5.73 Å². The molecule has 3 heterocycles. The smallest absolute Gasteiger partial charge is 0.241 e. The van der Waals surface area contributed by atoms with E-state index in [1.165, 1.54) is 15.3 Å². The van der Waals surface area contributed by atoms with Crippen LogP contribution in [0.15, 0.2) is 59.3 Å². The van der Waals surface area contributed by atoms with Gasteiger partial charge in [0.1, 0.15) is 0 Å². The highest BCUT2D eigenvalue weighted by molar-refractivity contribution is 7.10. The summed E-state index contributed by atoms with van der Waals surface area (Å²) in [6, 6.07) is 16.0. The molecule has 0 radical (unpaired) electrons. The minimum Gasteiger partial charge on any atom is -0.370 e. The maximum Gasteiger partial charge on any atom is 0.241 e. The van der Waals surface area contributed by atoms with E-state index in [0.29, 0.717) is 13.1 Å². The summed E-state index contributed by atoms with van der Waals surface area (Å²) >= 11 is 3.52. The van der Waals surface area contributed by atoms with Gasteiger partial charge in [-0.1, -0.05) is 24.3 Å². The maximum atomic E-state index is 13.3. The first-order chi connectivity index (χ1) is 14.1. The van der Waals surface area contributed by atoms with Crippen LogP contribution >= 0.6 is 22.7 Å². The first kappa shape index (κ1) is 19.8. The van der Waals surface area contributed by atoms with Gasteiger partial charge in [-0.05, 0) is 47.0 Å². The van der Waals surface area contributed by atoms with E-state index in [2.05, 4.69) is 33.9 Å². The minimum atomic E-state index is -0.406. The van der Waals surface area contributed by atoms with Crippen molar-refractivity contribution in [3.8, 4) is 0 Å². The molecule has 0 spiro atoms. The number of hydrogen-bond donors (Lipinski definition) is 1. The zero-order valence-electron chi connectivity index (χ0n) is 16.0. The molecule has 1 aliphatic heterocycles. The Labute approximate surface area is 178 Å². The lowest BCUT2D eigenvalue weighted by molar-refractivity contribution is -0.120. The quantitative estimate of drug-likeness (QED) is 0.628. The molecule has 150 valence electrons. The van der Waals surface area contributed by atoms with Gasteiger partial charge in [-0.2, -0.15) is 0 Å². The van der Waals surface area contributed by atoms with E-state index in [-0.39, 0.29) is 18.4 Å². The Morgan fingerprint density at radius 3 is 2.62 bits per heavy atom. The van der Waals surface area contributed by atoms with Crippen LogP contribution in [0.2, 0.25) is 0 Å². The molecule has 3 aromatic rings. The summed E-state index contributed by atoms with van der Waals surface area (Å²) < 4.78 is 0. The van der Waals surface area contributed by atoms with Gasteiger partial charge in [0.05, 0.1) is 12.6 Å². The van der Waals surface area contributed by atoms with Gasteiger partial charge < -0.3 is 10.6 Å². The molecule has 0 fully saturated rings.